The number of hydrogen-bond donors (Lipinski definition) is 0. The van der Waals surface area contributed by atoms with E-state index in [0.29, 0.717) is 0 Å². The number of rotatable bonds is 3. The number of hydrogen-bond acceptors (Lipinski definition) is 2. The smallest absolute Gasteiger partial charge is 0.118 e. The fraction of sp³-hybridized carbons (Fsp3) is 0.0455. The molecule has 0 unspecified atom stereocenters. The van der Waals surface area contributed by atoms with Crippen LogP contribution in [-0.2, 0) is 0 Å². The fourth-order valence-electron chi connectivity index (χ4n) is 3.03. The fourth-order valence-corrected chi connectivity index (χ4v) is 3.03. The molecule has 0 saturated carbocycles. The SMILES string of the molecule is COc1ccc(-c2c(-c3ccccc3)ncc3ccccc23)cc1. The second-order valence-corrected chi connectivity index (χ2v) is 5.66. The molecule has 0 saturated heterocycles. The molecule has 0 fully saturated rings. The number of ether oxygens (including phenoxy) is 1. The molecule has 1 heterocycles. The van der Waals surface area contributed by atoms with Crippen LogP contribution < -0.4 is 4.74 Å². The quantitative estimate of drug-likeness (QED) is 0.493. The lowest BCUT2D eigenvalue weighted by Gasteiger charge is -2.13. The van der Waals surface area contributed by atoms with Crippen LogP contribution in [0.2, 0.25) is 0 Å². The van der Waals surface area contributed by atoms with Gasteiger partial charge in [0.15, 0.2) is 0 Å². The van der Waals surface area contributed by atoms with Crippen LogP contribution in [0.3, 0.4) is 0 Å². The van der Waals surface area contributed by atoms with Gasteiger partial charge in [0, 0.05) is 22.7 Å². The normalized spacial score (nSPS) is 10.7. The van der Waals surface area contributed by atoms with Crippen LogP contribution in [0.5, 0.6) is 5.75 Å². The topological polar surface area (TPSA) is 22.1 Å². The summed E-state index contributed by atoms with van der Waals surface area (Å²) in [7, 11) is 1.68. The summed E-state index contributed by atoms with van der Waals surface area (Å²) < 4.78 is 5.29. The molecule has 0 aliphatic rings. The highest BCUT2D eigenvalue weighted by molar-refractivity contribution is 6.02. The van der Waals surface area contributed by atoms with E-state index in [9.17, 15) is 0 Å². The molecule has 0 atom stereocenters. The van der Waals surface area contributed by atoms with E-state index in [4.69, 9.17) is 9.72 Å². The Kier molecular flexibility index (Phi) is 3.72. The van der Waals surface area contributed by atoms with E-state index in [2.05, 4.69) is 42.5 Å². The lowest BCUT2D eigenvalue weighted by atomic mass is 9.94. The van der Waals surface area contributed by atoms with Gasteiger partial charge in [0.05, 0.1) is 12.8 Å². The van der Waals surface area contributed by atoms with Crippen molar-refractivity contribution in [1.29, 1.82) is 0 Å². The summed E-state index contributed by atoms with van der Waals surface area (Å²) in [6.07, 6.45) is 1.95. The van der Waals surface area contributed by atoms with Gasteiger partial charge >= 0.3 is 0 Å². The number of fused-ring (bicyclic) bond motifs is 1. The van der Waals surface area contributed by atoms with Crippen molar-refractivity contribution >= 4 is 10.8 Å². The van der Waals surface area contributed by atoms with Crippen LogP contribution >= 0.6 is 0 Å². The molecule has 4 rings (SSSR count). The van der Waals surface area contributed by atoms with Crippen LogP contribution in [0.1, 0.15) is 0 Å². The lowest BCUT2D eigenvalue weighted by molar-refractivity contribution is 0.415. The predicted octanol–water partition coefficient (Wildman–Crippen LogP) is 5.58. The second kappa shape index (κ2) is 6.17. The van der Waals surface area contributed by atoms with Gasteiger partial charge in [0.2, 0.25) is 0 Å². The molecule has 0 N–H and O–H groups in total. The summed E-state index contributed by atoms with van der Waals surface area (Å²) in [5.74, 6) is 0.855. The van der Waals surface area contributed by atoms with Crippen molar-refractivity contribution in [3.05, 3.63) is 85.1 Å². The molecule has 0 radical (unpaired) electrons. The van der Waals surface area contributed by atoms with E-state index in [1.807, 2.05) is 42.6 Å². The Morgan fingerprint density at radius 1 is 0.708 bits per heavy atom. The minimum Gasteiger partial charge on any atom is -0.497 e. The van der Waals surface area contributed by atoms with Gasteiger partial charge in [-0.05, 0) is 23.1 Å². The van der Waals surface area contributed by atoms with Gasteiger partial charge in [-0.2, -0.15) is 0 Å². The van der Waals surface area contributed by atoms with Gasteiger partial charge in [-0.15, -0.1) is 0 Å². The number of methoxy groups -OCH3 is 1. The summed E-state index contributed by atoms with van der Waals surface area (Å²) in [4.78, 5) is 4.76. The zero-order chi connectivity index (χ0) is 16.4. The Hall–Kier alpha value is -3.13. The van der Waals surface area contributed by atoms with E-state index in [0.717, 1.165) is 33.5 Å². The largest absolute Gasteiger partial charge is 0.497 e. The Morgan fingerprint density at radius 3 is 2.17 bits per heavy atom. The Labute approximate surface area is 141 Å². The molecule has 0 aliphatic heterocycles. The van der Waals surface area contributed by atoms with Crippen LogP contribution in [0, 0.1) is 0 Å². The first-order valence-electron chi connectivity index (χ1n) is 7.94. The van der Waals surface area contributed by atoms with Crippen LogP contribution in [0.15, 0.2) is 85.1 Å². The van der Waals surface area contributed by atoms with Crippen molar-refractivity contribution in [3.8, 4) is 28.1 Å². The summed E-state index contributed by atoms with van der Waals surface area (Å²) >= 11 is 0. The highest BCUT2D eigenvalue weighted by Gasteiger charge is 2.13. The molecule has 3 aromatic carbocycles. The predicted molar refractivity (Wildman–Crippen MR) is 99.2 cm³/mol. The minimum absolute atomic E-state index is 0.855. The van der Waals surface area contributed by atoms with Crippen LogP contribution in [0.25, 0.3) is 33.2 Å². The van der Waals surface area contributed by atoms with Gasteiger partial charge in [-0.3, -0.25) is 4.98 Å². The first-order chi connectivity index (χ1) is 11.9. The van der Waals surface area contributed by atoms with Crippen LogP contribution in [-0.4, -0.2) is 12.1 Å². The van der Waals surface area contributed by atoms with Gasteiger partial charge in [0.1, 0.15) is 5.75 Å². The monoisotopic (exact) mass is 311 g/mol. The zero-order valence-electron chi connectivity index (χ0n) is 13.4. The minimum atomic E-state index is 0.855. The highest BCUT2D eigenvalue weighted by Crippen LogP contribution is 2.36. The summed E-state index contributed by atoms with van der Waals surface area (Å²) in [6, 6.07) is 26.9. The van der Waals surface area contributed by atoms with Gasteiger partial charge in [0.25, 0.3) is 0 Å². The van der Waals surface area contributed by atoms with E-state index < -0.39 is 0 Å². The van der Waals surface area contributed by atoms with Crippen molar-refractivity contribution < 1.29 is 4.74 Å². The molecule has 24 heavy (non-hydrogen) atoms. The molecule has 1 aromatic heterocycles. The first kappa shape index (κ1) is 14.5. The van der Waals surface area contributed by atoms with Crippen LogP contribution in [0.4, 0.5) is 0 Å². The summed E-state index contributed by atoms with van der Waals surface area (Å²) in [5, 5.41) is 2.35. The van der Waals surface area contributed by atoms with Crippen molar-refractivity contribution in [2.45, 2.75) is 0 Å². The third-order valence-electron chi connectivity index (χ3n) is 4.23. The molecular formula is C22H17NO. The average Bonchev–Trinajstić information content (AvgIpc) is 2.68. The number of aromatic nitrogens is 1. The number of benzene rings is 3. The van der Waals surface area contributed by atoms with E-state index >= 15 is 0 Å². The van der Waals surface area contributed by atoms with Crippen molar-refractivity contribution in [2.24, 2.45) is 0 Å². The first-order valence-corrected chi connectivity index (χ1v) is 7.94. The standard InChI is InChI=1S/C22H17NO/c1-24-19-13-11-16(12-14-19)21-20-10-6-5-9-18(20)15-23-22(21)17-7-3-2-4-8-17/h2-15H,1H3. The zero-order valence-corrected chi connectivity index (χ0v) is 13.4. The molecule has 0 amide bonds. The maximum atomic E-state index is 5.29. The Balaban J connectivity index is 2.02. The maximum absolute atomic E-state index is 5.29. The molecular weight excluding hydrogens is 294 g/mol. The van der Waals surface area contributed by atoms with E-state index in [-0.39, 0.29) is 0 Å². The summed E-state index contributed by atoms with van der Waals surface area (Å²) in [6.45, 7) is 0. The van der Waals surface area contributed by atoms with Crippen molar-refractivity contribution in [3.63, 3.8) is 0 Å². The van der Waals surface area contributed by atoms with Gasteiger partial charge < -0.3 is 4.74 Å². The molecule has 116 valence electrons. The van der Waals surface area contributed by atoms with Crippen molar-refractivity contribution in [1.82, 2.24) is 4.98 Å². The average molecular weight is 311 g/mol. The van der Waals surface area contributed by atoms with E-state index in [1.165, 1.54) is 5.39 Å². The third-order valence-corrected chi connectivity index (χ3v) is 4.23. The molecule has 4 aromatic rings. The second-order valence-electron chi connectivity index (χ2n) is 5.66. The number of pyridine rings is 1. The molecule has 0 spiro atoms. The molecule has 0 aliphatic carbocycles. The maximum Gasteiger partial charge on any atom is 0.118 e. The Bertz CT molecular complexity index is 976. The third kappa shape index (κ3) is 2.52. The number of nitrogens with zero attached hydrogens (tertiary/aromatic N) is 1. The van der Waals surface area contributed by atoms with Crippen molar-refractivity contribution in [2.75, 3.05) is 7.11 Å². The highest BCUT2D eigenvalue weighted by atomic mass is 16.5. The Morgan fingerprint density at radius 2 is 1.42 bits per heavy atom. The molecule has 2 heteroatoms. The van der Waals surface area contributed by atoms with E-state index in [1.54, 1.807) is 7.11 Å². The summed E-state index contributed by atoms with van der Waals surface area (Å²) in [5.41, 5.74) is 4.41. The molecule has 2 nitrogen and oxygen atoms in total. The van der Waals surface area contributed by atoms with Gasteiger partial charge in [-0.1, -0.05) is 66.7 Å². The van der Waals surface area contributed by atoms with Gasteiger partial charge in [-0.25, -0.2) is 0 Å². The lowest BCUT2D eigenvalue weighted by Crippen LogP contribution is -1.92. The molecule has 0 bridgehead atoms.